The molecule has 6 nitrogen and oxygen atoms in total. The molecule has 2 aliphatic rings. The zero-order chi connectivity index (χ0) is 13.0. The molecule has 0 bridgehead atoms. The lowest BCUT2D eigenvalue weighted by atomic mass is 10.2. The molecule has 1 aliphatic carbocycles. The number of hydrogen-bond donors (Lipinski definition) is 2. The summed E-state index contributed by atoms with van der Waals surface area (Å²) in [5.74, 6) is -0.837. The molecule has 102 valence electrons. The minimum atomic E-state index is -0.857. The van der Waals surface area contributed by atoms with Crippen molar-refractivity contribution in [1.29, 1.82) is 0 Å². The van der Waals surface area contributed by atoms with Crippen LogP contribution in [0, 0.1) is 0 Å². The molecular weight excluding hydrogens is 236 g/mol. The Kier molecular flexibility index (Phi) is 4.54. The van der Waals surface area contributed by atoms with Crippen LogP contribution in [0.2, 0.25) is 0 Å². The summed E-state index contributed by atoms with van der Waals surface area (Å²) in [5, 5.41) is 11.9. The number of rotatable bonds is 6. The number of morpholine rings is 1. The molecular formula is C12H20N2O4. The van der Waals surface area contributed by atoms with Crippen molar-refractivity contribution < 1.29 is 19.4 Å². The van der Waals surface area contributed by atoms with Gasteiger partial charge in [-0.3, -0.25) is 9.59 Å². The molecule has 1 unspecified atom stereocenters. The van der Waals surface area contributed by atoms with Gasteiger partial charge in [0.25, 0.3) is 0 Å². The monoisotopic (exact) mass is 256 g/mol. The van der Waals surface area contributed by atoms with E-state index in [1.54, 1.807) is 4.90 Å². The maximum atomic E-state index is 12.1. The molecule has 1 aliphatic heterocycles. The molecule has 0 aromatic heterocycles. The number of ether oxygens (including phenoxy) is 1. The third kappa shape index (κ3) is 3.96. The Hall–Kier alpha value is -1.14. The van der Waals surface area contributed by atoms with Crippen LogP contribution in [0.15, 0.2) is 0 Å². The SMILES string of the molecule is O=C(O)CCN(C(=O)CC1CNCCO1)C1CC1. The first-order valence-electron chi connectivity index (χ1n) is 6.50. The first kappa shape index (κ1) is 13.3. The third-order valence-corrected chi connectivity index (χ3v) is 3.28. The van der Waals surface area contributed by atoms with Crippen molar-refractivity contribution in [2.24, 2.45) is 0 Å². The largest absolute Gasteiger partial charge is 0.481 e. The minimum absolute atomic E-state index is 0.0199. The van der Waals surface area contributed by atoms with Gasteiger partial charge in [0.1, 0.15) is 0 Å². The number of aliphatic carboxylic acids is 1. The van der Waals surface area contributed by atoms with Crippen LogP contribution in [0.5, 0.6) is 0 Å². The highest BCUT2D eigenvalue weighted by molar-refractivity contribution is 5.78. The number of carboxylic acids is 1. The highest BCUT2D eigenvalue weighted by Crippen LogP contribution is 2.28. The van der Waals surface area contributed by atoms with Gasteiger partial charge in [-0.25, -0.2) is 0 Å². The smallest absolute Gasteiger partial charge is 0.305 e. The molecule has 0 radical (unpaired) electrons. The van der Waals surface area contributed by atoms with Crippen LogP contribution in [0.4, 0.5) is 0 Å². The van der Waals surface area contributed by atoms with Crippen molar-refractivity contribution >= 4 is 11.9 Å². The fraction of sp³-hybridized carbons (Fsp3) is 0.833. The quantitative estimate of drug-likeness (QED) is 0.690. The van der Waals surface area contributed by atoms with Crippen molar-refractivity contribution in [2.75, 3.05) is 26.2 Å². The first-order chi connectivity index (χ1) is 8.66. The first-order valence-corrected chi connectivity index (χ1v) is 6.50. The molecule has 0 spiro atoms. The van der Waals surface area contributed by atoms with E-state index in [-0.39, 0.29) is 24.5 Å². The highest BCUT2D eigenvalue weighted by atomic mass is 16.5. The molecule has 1 heterocycles. The minimum Gasteiger partial charge on any atom is -0.481 e. The van der Waals surface area contributed by atoms with Crippen LogP contribution >= 0.6 is 0 Å². The summed E-state index contributed by atoms with van der Waals surface area (Å²) in [6, 6.07) is 0.258. The van der Waals surface area contributed by atoms with Crippen molar-refractivity contribution in [3.8, 4) is 0 Å². The van der Waals surface area contributed by atoms with Crippen LogP contribution in [-0.2, 0) is 14.3 Å². The average molecular weight is 256 g/mol. The Morgan fingerprint density at radius 1 is 1.39 bits per heavy atom. The van der Waals surface area contributed by atoms with E-state index in [0.717, 1.165) is 19.4 Å². The van der Waals surface area contributed by atoms with E-state index >= 15 is 0 Å². The summed E-state index contributed by atoms with van der Waals surface area (Å²) < 4.78 is 5.50. The van der Waals surface area contributed by atoms with Crippen molar-refractivity contribution in [3.05, 3.63) is 0 Å². The number of amides is 1. The Labute approximate surface area is 106 Å². The number of nitrogens with zero attached hydrogens (tertiary/aromatic N) is 1. The normalized spacial score (nSPS) is 23.7. The fourth-order valence-corrected chi connectivity index (χ4v) is 2.18. The number of carboxylic acid groups (broad SMARTS) is 1. The van der Waals surface area contributed by atoms with E-state index in [1.807, 2.05) is 0 Å². The predicted molar refractivity (Wildman–Crippen MR) is 64.2 cm³/mol. The lowest BCUT2D eigenvalue weighted by molar-refractivity contribution is -0.139. The van der Waals surface area contributed by atoms with Crippen molar-refractivity contribution in [3.63, 3.8) is 0 Å². The second-order valence-corrected chi connectivity index (χ2v) is 4.86. The maximum Gasteiger partial charge on any atom is 0.305 e. The summed E-state index contributed by atoms with van der Waals surface area (Å²) in [5.41, 5.74) is 0. The second kappa shape index (κ2) is 6.15. The lowest BCUT2D eigenvalue weighted by Gasteiger charge is -2.27. The van der Waals surface area contributed by atoms with Gasteiger partial charge in [0, 0.05) is 25.7 Å². The van der Waals surface area contributed by atoms with E-state index in [0.29, 0.717) is 26.1 Å². The molecule has 2 rings (SSSR count). The Balaban J connectivity index is 1.81. The van der Waals surface area contributed by atoms with Crippen LogP contribution < -0.4 is 5.32 Å². The molecule has 2 N–H and O–H groups in total. The van der Waals surface area contributed by atoms with Crippen LogP contribution in [0.1, 0.15) is 25.7 Å². The topological polar surface area (TPSA) is 78.9 Å². The number of nitrogens with one attached hydrogen (secondary N) is 1. The van der Waals surface area contributed by atoms with Gasteiger partial charge in [-0.05, 0) is 12.8 Å². The molecule has 1 saturated heterocycles. The van der Waals surface area contributed by atoms with E-state index < -0.39 is 5.97 Å². The van der Waals surface area contributed by atoms with Gasteiger partial charge in [0.15, 0.2) is 0 Å². The lowest BCUT2D eigenvalue weighted by Crippen LogP contribution is -2.43. The van der Waals surface area contributed by atoms with Gasteiger partial charge < -0.3 is 20.1 Å². The van der Waals surface area contributed by atoms with Gasteiger partial charge in [0.05, 0.1) is 25.6 Å². The Morgan fingerprint density at radius 3 is 2.72 bits per heavy atom. The number of carbonyl (C=O) groups is 2. The van der Waals surface area contributed by atoms with Gasteiger partial charge in [0.2, 0.25) is 5.91 Å². The zero-order valence-electron chi connectivity index (χ0n) is 10.4. The van der Waals surface area contributed by atoms with Crippen LogP contribution in [-0.4, -0.2) is 60.3 Å². The third-order valence-electron chi connectivity index (χ3n) is 3.28. The van der Waals surface area contributed by atoms with E-state index in [1.165, 1.54) is 0 Å². The molecule has 0 aromatic rings. The van der Waals surface area contributed by atoms with Crippen LogP contribution in [0.25, 0.3) is 0 Å². The van der Waals surface area contributed by atoms with Gasteiger partial charge in [-0.1, -0.05) is 0 Å². The molecule has 0 aromatic carbocycles. The Bertz CT molecular complexity index is 311. The van der Waals surface area contributed by atoms with Gasteiger partial charge in [-0.2, -0.15) is 0 Å². The predicted octanol–water partition coefficient (Wildman–Crippen LogP) is -0.169. The molecule has 1 saturated carbocycles. The van der Waals surface area contributed by atoms with E-state index in [2.05, 4.69) is 5.32 Å². The summed E-state index contributed by atoms with van der Waals surface area (Å²) in [4.78, 5) is 24.4. The van der Waals surface area contributed by atoms with Gasteiger partial charge >= 0.3 is 5.97 Å². The van der Waals surface area contributed by atoms with E-state index in [9.17, 15) is 9.59 Å². The summed E-state index contributed by atoms with van der Waals surface area (Å²) in [7, 11) is 0. The molecule has 6 heteroatoms. The van der Waals surface area contributed by atoms with Crippen molar-refractivity contribution in [1.82, 2.24) is 10.2 Å². The van der Waals surface area contributed by atoms with Crippen LogP contribution in [0.3, 0.4) is 0 Å². The zero-order valence-corrected chi connectivity index (χ0v) is 10.4. The molecule has 18 heavy (non-hydrogen) atoms. The molecule has 2 fully saturated rings. The number of hydrogen-bond acceptors (Lipinski definition) is 4. The van der Waals surface area contributed by atoms with E-state index in [4.69, 9.17) is 9.84 Å². The summed E-state index contributed by atoms with van der Waals surface area (Å²) in [6.07, 6.45) is 2.29. The van der Waals surface area contributed by atoms with Gasteiger partial charge in [-0.15, -0.1) is 0 Å². The molecule has 1 atom stereocenters. The number of carbonyl (C=O) groups excluding carboxylic acids is 1. The van der Waals surface area contributed by atoms with Crippen molar-refractivity contribution in [2.45, 2.75) is 37.8 Å². The molecule has 1 amide bonds. The average Bonchev–Trinajstić information content (AvgIpc) is 3.14. The standard InChI is InChI=1S/C12H20N2O4/c15-11(7-10-8-13-4-6-18-10)14(9-1-2-9)5-3-12(16)17/h9-10,13H,1-8H2,(H,16,17). The maximum absolute atomic E-state index is 12.1. The summed E-state index contributed by atoms with van der Waals surface area (Å²) in [6.45, 7) is 2.48. The Morgan fingerprint density at radius 2 is 2.17 bits per heavy atom. The second-order valence-electron chi connectivity index (χ2n) is 4.86. The summed E-state index contributed by atoms with van der Waals surface area (Å²) >= 11 is 0. The highest BCUT2D eigenvalue weighted by Gasteiger charge is 2.33. The fourth-order valence-electron chi connectivity index (χ4n) is 2.18.